The van der Waals surface area contributed by atoms with Crippen LogP contribution in [-0.4, -0.2) is 26.2 Å². The van der Waals surface area contributed by atoms with Crippen molar-refractivity contribution in [2.45, 2.75) is 18.4 Å². The number of nitrogens with zero attached hydrogens (tertiary/aromatic N) is 1. The van der Waals surface area contributed by atoms with E-state index in [4.69, 9.17) is 10.5 Å². The van der Waals surface area contributed by atoms with Crippen LogP contribution in [-0.2, 0) is 16.6 Å². The molecule has 0 aliphatic rings. The molecule has 7 nitrogen and oxygen atoms in total. The van der Waals surface area contributed by atoms with Crippen molar-refractivity contribution in [3.05, 3.63) is 47.7 Å². The largest absolute Gasteiger partial charge is 0.380 e. The van der Waals surface area contributed by atoms with E-state index >= 15 is 0 Å². The quantitative estimate of drug-likeness (QED) is 0.575. The summed E-state index contributed by atoms with van der Waals surface area (Å²) in [4.78, 5) is 4.29. The molecule has 0 radical (unpaired) electrons. The first-order chi connectivity index (χ1) is 11.0. The van der Waals surface area contributed by atoms with Gasteiger partial charge in [-0.25, -0.2) is 18.5 Å². The van der Waals surface area contributed by atoms with Crippen LogP contribution in [0.5, 0.6) is 0 Å². The number of hydrogen-bond acceptors (Lipinski definition) is 6. The van der Waals surface area contributed by atoms with Gasteiger partial charge in [-0.2, -0.15) is 0 Å². The van der Waals surface area contributed by atoms with E-state index in [2.05, 4.69) is 15.6 Å². The smallest absolute Gasteiger partial charge is 0.238 e. The molecule has 0 bridgehead atoms. The molecule has 8 heteroatoms. The molecule has 122 valence electrons. The van der Waals surface area contributed by atoms with Gasteiger partial charge in [-0.1, -0.05) is 12.1 Å². The van der Waals surface area contributed by atoms with Gasteiger partial charge in [-0.05, 0) is 30.7 Å². The van der Waals surface area contributed by atoms with Gasteiger partial charge in [0.2, 0.25) is 10.0 Å². The van der Waals surface area contributed by atoms with Crippen LogP contribution in [0, 0.1) is 5.41 Å². The summed E-state index contributed by atoms with van der Waals surface area (Å²) in [7, 11) is -3.68. The minimum absolute atomic E-state index is 0.0831. The lowest BCUT2D eigenvalue weighted by Crippen LogP contribution is -2.12. The zero-order chi connectivity index (χ0) is 16.9. The van der Waals surface area contributed by atoms with Gasteiger partial charge in [-0.15, -0.1) is 0 Å². The first-order valence-electron chi connectivity index (χ1n) is 7.04. The maximum absolute atomic E-state index is 11.2. The molecule has 1 aromatic heterocycles. The second-order valence-corrected chi connectivity index (χ2v) is 6.40. The number of nitrogens with two attached hydrogens (primary N) is 1. The molecule has 1 heterocycles. The minimum atomic E-state index is -3.68. The molecule has 0 atom stereocenters. The predicted molar refractivity (Wildman–Crippen MR) is 91.4 cm³/mol. The Kier molecular flexibility index (Phi) is 5.30. The van der Waals surface area contributed by atoms with Crippen LogP contribution in [0.3, 0.4) is 0 Å². The van der Waals surface area contributed by atoms with Crippen LogP contribution >= 0.6 is 0 Å². The second kappa shape index (κ2) is 7.21. The molecular formula is C15H19N5O2S. The first-order valence-corrected chi connectivity index (χ1v) is 8.59. The van der Waals surface area contributed by atoms with Crippen molar-refractivity contribution in [1.29, 1.82) is 5.41 Å². The zero-order valence-corrected chi connectivity index (χ0v) is 13.5. The number of sulfonamides is 1. The number of primary sulfonamides is 1. The summed E-state index contributed by atoms with van der Waals surface area (Å²) in [5, 5.41) is 19.0. The molecule has 1 aromatic carbocycles. The van der Waals surface area contributed by atoms with Crippen molar-refractivity contribution in [3.8, 4) is 0 Å². The molecule has 0 aliphatic heterocycles. The summed E-state index contributed by atoms with van der Waals surface area (Å²) in [6.07, 6.45) is 2.91. The lowest BCUT2D eigenvalue weighted by atomic mass is 10.2. The monoisotopic (exact) mass is 333 g/mol. The maximum Gasteiger partial charge on any atom is 0.238 e. The van der Waals surface area contributed by atoms with Gasteiger partial charge in [-0.3, -0.25) is 0 Å². The molecule has 0 unspecified atom stereocenters. The summed E-state index contributed by atoms with van der Waals surface area (Å²) in [6, 6.07) is 8.13. The van der Waals surface area contributed by atoms with Gasteiger partial charge in [0.1, 0.15) is 5.82 Å². The highest BCUT2D eigenvalue weighted by Crippen LogP contribution is 2.21. The van der Waals surface area contributed by atoms with Crippen molar-refractivity contribution in [2.75, 3.05) is 17.2 Å². The molecule has 23 heavy (non-hydrogen) atoms. The number of rotatable bonds is 7. The summed E-state index contributed by atoms with van der Waals surface area (Å²) in [5.74, 6) is 0.650. The summed E-state index contributed by atoms with van der Waals surface area (Å²) < 4.78 is 22.5. The van der Waals surface area contributed by atoms with Crippen molar-refractivity contribution in [3.63, 3.8) is 0 Å². The Hall–Kier alpha value is -2.45. The van der Waals surface area contributed by atoms with E-state index in [-0.39, 0.29) is 4.90 Å². The lowest BCUT2D eigenvalue weighted by molar-refractivity contribution is 0.598. The van der Waals surface area contributed by atoms with E-state index in [1.807, 2.05) is 6.92 Å². The maximum atomic E-state index is 11.2. The number of aromatic nitrogens is 1. The van der Waals surface area contributed by atoms with E-state index < -0.39 is 10.0 Å². The van der Waals surface area contributed by atoms with Gasteiger partial charge < -0.3 is 16.0 Å². The number of hydrogen-bond donors (Lipinski definition) is 4. The highest BCUT2D eigenvalue weighted by atomic mass is 32.2. The van der Waals surface area contributed by atoms with E-state index in [1.54, 1.807) is 24.4 Å². The van der Waals surface area contributed by atoms with Crippen LogP contribution in [0.2, 0.25) is 0 Å². The van der Waals surface area contributed by atoms with Crippen LogP contribution in [0.1, 0.15) is 18.1 Å². The normalized spacial score (nSPS) is 11.0. The molecule has 0 aliphatic carbocycles. The van der Waals surface area contributed by atoms with Crippen molar-refractivity contribution >= 4 is 27.7 Å². The average molecular weight is 333 g/mol. The fourth-order valence-electron chi connectivity index (χ4n) is 2.08. The molecular weight excluding hydrogens is 314 g/mol. The third-order valence-electron chi connectivity index (χ3n) is 3.21. The third kappa shape index (κ3) is 4.27. The standard InChI is InChI=1S/C15H19N5O2S/c1-2-18-15-13(9-16)14(7-8-19-15)20-10-11-3-5-12(6-4-11)23(17,21)22/h3-9,16H,2,10H2,1H3,(H2,17,21,22)(H2,18,19,20). The SMILES string of the molecule is CCNc1nccc(NCc2ccc(S(N)(=O)=O)cc2)c1C=N. The van der Waals surface area contributed by atoms with Crippen molar-refractivity contribution in [1.82, 2.24) is 4.98 Å². The van der Waals surface area contributed by atoms with Gasteiger partial charge in [0.05, 0.1) is 10.5 Å². The Labute approximate surface area is 135 Å². The minimum Gasteiger partial charge on any atom is -0.380 e. The lowest BCUT2D eigenvalue weighted by Gasteiger charge is -2.13. The highest BCUT2D eigenvalue weighted by molar-refractivity contribution is 7.89. The molecule has 2 rings (SSSR count). The fourth-order valence-corrected chi connectivity index (χ4v) is 2.59. The second-order valence-electron chi connectivity index (χ2n) is 4.84. The molecule has 0 saturated carbocycles. The Morgan fingerprint density at radius 1 is 1.22 bits per heavy atom. The Bertz CT molecular complexity index is 788. The van der Waals surface area contributed by atoms with Crippen LogP contribution < -0.4 is 15.8 Å². The van der Waals surface area contributed by atoms with Gasteiger partial charge in [0.25, 0.3) is 0 Å². The third-order valence-corrected chi connectivity index (χ3v) is 4.14. The van der Waals surface area contributed by atoms with E-state index in [1.165, 1.54) is 18.3 Å². The summed E-state index contributed by atoms with van der Waals surface area (Å²) in [6.45, 7) is 3.16. The van der Waals surface area contributed by atoms with E-state index in [0.717, 1.165) is 11.3 Å². The molecule has 0 spiro atoms. The number of pyridine rings is 1. The van der Waals surface area contributed by atoms with Gasteiger partial charge in [0, 0.05) is 31.2 Å². The van der Waals surface area contributed by atoms with Gasteiger partial charge in [0.15, 0.2) is 0 Å². The predicted octanol–water partition coefficient (Wildman–Crippen LogP) is 1.77. The van der Waals surface area contributed by atoms with Gasteiger partial charge >= 0.3 is 0 Å². The Balaban J connectivity index is 2.15. The summed E-state index contributed by atoms with van der Waals surface area (Å²) >= 11 is 0. The van der Waals surface area contributed by atoms with Crippen molar-refractivity contribution in [2.24, 2.45) is 5.14 Å². The molecule has 0 amide bonds. The first kappa shape index (κ1) is 16.9. The van der Waals surface area contributed by atoms with Crippen LogP contribution in [0.15, 0.2) is 41.4 Å². The van der Waals surface area contributed by atoms with Crippen LogP contribution in [0.4, 0.5) is 11.5 Å². The average Bonchev–Trinajstić information content (AvgIpc) is 2.53. The molecule has 5 N–H and O–H groups in total. The number of benzene rings is 1. The fraction of sp³-hybridized carbons (Fsp3) is 0.200. The summed E-state index contributed by atoms with van der Waals surface area (Å²) in [5.41, 5.74) is 2.35. The van der Waals surface area contributed by atoms with E-state index in [0.29, 0.717) is 24.5 Å². The van der Waals surface area contributed by atoms with E-state index in [9.17, 15) is 8.42 Å². The zero-order valence-electron chi connectivity index (χ0n) is 12.7. The highest BCUT2D eigenvalue weighted by Gasteiger charge is 2.08. The molecule has 2 aromatic rings. The number of nitrogens with one attached hydrogen (secondary N) is 3. The topological polar surface area (TPSA) is 121 Å². The van der Waals surface area contributed by atoms with Crippen molar-refractivity contribution < 1.29 is 8.42 Å². The Morgan fingerprint density at radius 3 is 2.48 bits per heavy atom. The van der Waals surface area contributed by atoms with Crippen LogP contribution in [0.25, 0.3) is 0 Å². The number of anilines is 2. The molecule has 0 saturated heterocycles. The Morgan fingerprint density at radius 2 is 1.91 bits per heavy atom. The molecule has 0 fully saturated rings.